The Morgan fingerprint density at radius 1 is 1.26 bits per heavy atom. The van der Waals surface area contributed by atoms with Crippen LogP contribution in [0.15, 0.2) is 60.7 Å². The van der Waals surface area contributed by atoms with Crippen molar-refractivity contribution in [1.82, 2.24) is 14.6 Å². The molecule has 162 valence electrons. The van der Waals surface area contributed by atoms with Crippen LogP contribution in [-0.4, -0.2) is 20.9 Å². The minimum absolute atomic E-state index is 0.202. The van der Waals surface area contributed by atoms with Crippen molar-refractivity contribution in [3.8, 4) is 0 Å². The van der Waals surface area contributed by atoms with E-state index < -0.39 is 11.2 Å². The van der Waals surface area contributed by atoms with E-state index in [0.29, 0.717) is 17.0 Å². The lowest BCUT2D eigenvalue weighted by atomic mass is 9.80. The molecule has 3 aromatic rings. The number of hydrogen-bond donors (Lipinski definition) is 2. The van der Waals surface area contributed by atoms with Crippen molar-refractivity contribution < 1.29 is 0 Å². The van der Waals surface area contributed by atoms with Crippen molar-refractivity contribution in [1.29, 1.82) is 0 Å². The molecule has 0 spiro atoms. The first kappa shape index (κ1) is 21.6. The van der Waals surface area contributed by atoms with Gasteiger partial charge in [-0.05, 0) is 63.6 Å². The molecule has 0 saturated heterocycles. The third-order valence-corrected chi connectivity index (χ3v) is 6.47. The fourth-order valence-corrected chi connectivity index (χ4v) is 4.57. The summed E-state index contributed by atoms with van der Waals surface area (Å²) in [5.74, 6) is 0.618. The summed E-state index contributed by atoms with van der Waals surface area (Å²) in [5.41, 5.74) is 3.51. The van der Waals surface area contributed by atoms with E-state index in [4.69, 9.17) is 0 Å². The number of aromatic nitrogens is 3. The Morgan fingerprint density at radius 2 is 2.06 bits per heavy atom. The zero-order valence-corrected chi connectivity index (χ0v) is 19.6. The Morgan fingerprint density at radius 3 is 2.81 bits per heavy atom. The summed E-state index contributed by atoms with van der Waals surface area (Å²) in [5, 5.41) is 5.09. The molecule has 0 bridgehead atoms. The van der Waals surface area contributed by atoms with Crippen LogP contribution in [0.2, 0.25) is 0 Å². The van der Waals surface area contributed by atoms with Gasteiger partial charge in [0, 0.05) is 27.5 Å². The van der Waals surface area contributed by atoms with E-state index in [9.17, 15) is 9.59 Å². The van der Waals surface area contributed by atoms with Gasteiger partial charge in [0.1, 0.15) is 5.52 Å². The number of benzene rings is 1. The number of aromatic amines is 2. The van der Waals surface area contributed by atoms with Gasteiger partial charge in [-0.25, -0.2) is 4.79 Å². The quantitative estimate of drug-likeness (QED) is 0.372. The Kier molecular flexibility index (Phi) is 6.14. The SMILES string of the molecule is CC(C)=CCCC1=CCC(C=Nn2c(=O)[nH]c3c([nH]c4ccc(Br)cc43)c2=O)C(C)C1. The summed E-state index contributed by atoms with van der Waals surface area (Å²) in [6.45, 7) is 6.45. The molecule has 2 N–H and O–H groups in total. The highest BCUT2D eigenvalue weighted by Crippen LogP contribution is 2.30. The van der Waals surface area contributed by atoms with Gasteiger partial charge in [-0.3, -0.25) is 4.79 Å². The van der Waals surface area contributed by atoms with Crippen molar-refractivity contribution in [2.45, 2.75) is 46.5 Å². The highest BCUT2D eigenvalue weighted by atomic mass is 79.9. The number of fused-ring (bicyclic) bond motifs is 3. The summed E-state index contributed by atoms with van der Waals surface area (Å²) >= 11 is 3.43. The smallest absolute Gasteiger partial charge is 0.349 e. The lowest BCUT2D eigenvalue weighted by Crippen LogP contribution is -2.32. The molecule has 2 atom stereocenters. The van der Waals surface area contributed by atoms with Crippen molar-refractivity contribution in [2.75, 3.05) is 0 Å². The Bertz CT molecular complexity index is 1340. The molecule has 2 heterocycles. The van der Waals surface area contributed by atoms with Crippen LogP contribution in [0.25, 0.3) is 21.9 Å². The second kappa shape index (κ2) is 8.83. The van der Waals surface area contributed by atoms with Gasteiger partial charge in [0.2, 0.25) is 0 Å². The average molecular weight is 483 g/mol. The molecule has 0 radical (unpaired) electrons. The third kappa shape index (κ3) is 4.51. The molecule has 6 nitrogen and oxygen atoms in total. The van der Waals surface area contributed by atoms with Crippen LogP contribution < -0.4 is 11.2 Å². The van der Waals surface area contributed by atoms with Crippen molar-refractivity contribution in [2.24, 2.45) is 16.9 Å². The number of nitrogens with zero attached hydrogens (tertiary/aromatic N) is 2. The van der Waals surface area contributed by atoms with Gasteiger partial charge in [-0.15, -0.1) is 4.68 Å². The molecular weight excluding hydrogens is 456 g/mol. The number of hydrogen-bond acceptors (Lipinski definition) is 3. The molecule has 7 heteroatoms. The van der Waals surface area contributed by atoms with Crippen LogP contribution >= 0.6 is 15.9 Å². The highest BCUT2D eigenvalue weighted by Gasteiger charge is 2.21. The predicted octanol–water partition coefficient (Wildman–Crippen LogP) is 5.49. The topological polar surface area (TPSA) is 83.0 Å². The summed E-state index contributed by atoms with van der Waals surface area (Å²) in [7, 11) is 0. The molecule has 0 aliphatic heterocycles. The number of rotatable bonds is 5. The van der Waals surface area contributed by atoms with Gasteiger partial charge in [0.15, 0.2) is 0 Å². The van der Waals surface area contributed by atoms with E-state index >= 15 is 0 Å². The minimum atomic E-state index is -0.531. The van der Waals surface area contributed by atoms with Crippen molar-refractivity contribution in [3.63, 3.8) is 0 Å². The van der Waals surface area contributed by atoms with Gasteiger partial charge >= 0.3 is 11.2 Å². The van der Waals surface area contributed by atoms with Crippen LogP contribution in [0.3, 0.4) is 0 Å². The van der Waals surface area contributed by atoms with E-state index in [1.807, 2.05) is 18.2 Å². The maximum absolute atomic E-state index is 13.0. The molecule has 1 aromatic carbocycles. The van der Waals surface area contributed by atoms with E-state index in [0.717, 1.165) is 45.7 Å². The Hall–Kier alpha value is -2.67. The van der Waals surface area contributed by atoms with Gasteiger partial charge in [-0.1, -0.05) is 46.2 Å². The molecule has 0 amide bonds. The number of H-pyrrole nitrogens is 2. The van der Waals surface area contributed by atoms with Gasteiger partial charge in [0.05, 0.1) is 5.52 Å². The fraction of sp³-hybridized carbons (Fsp3) is 0.375. The molecule has 4 rings (SSSR count). The van der Waals surface area contributed by atoms with Gasteiger partial charge < -0.3 is 9.97 Å². The first-order valence-electron chi connectivity index (χ1n) is 10.7. The maximum atomic E-state index is 13.0. The molecule has 31 heavy (non-hydrogen) atoms. The zero-order valence-electron chi connectivity index (χ0n) is 18.0. The third-order valence-electron chi connectivity index (χ3n) is 5.98. The fourth-order valence-electron chi connectivity index (χ4n) is 4.21. The van der Waals surface area contributed by atoms with E-state index in [1.54, 1.807) is 6.21 Å². The number of allylic oxidation sites excluding steroid dienone is 4. The Balaban J connectivity index is 1.59. The zero-order chi connectivity index (χ0) is 22.1. The van der Waals surface area contributed by atoms with Crippen molar-refractivity contribution in [3.05, 3.63) is 66.8 Å². The monoisotopic (exact) mass is 482 g/mol. The van der Waals surface area contributed by atoms with E-state index in [2.05, 4.69) is 63.9 Å². The minimum Gasteiger partial charge on any atom is -0.349 e. The number of nitrogens with one attached hydrogen (secondary N) is 2. The lowest BCUT2D eigenvalue weighted by Gasteiger charge is -2.25. The maximum Gasteiger partial charge on any atom is 0.350 e. The first-order valence-corrected chi connectivity index (χ1v) is 11.4. The second-order valence-electron chi connectivity index (χ2n) is 8.64. The predicted molar refractivity (Wildman–Crippen MR) is 131 cm³/mol. The van der Waals surface area contributed by atoms with Gasteiger partial charge in [-0.2, -0.15) is 5.10 Å². The van der Waals surface area contributed by atoms with Crippen LogP contribution in [-0.2, 0) is 0 Å². The van der Waals surface area contributed by atoms with Crippen LogP contribution in [0.1, 0.15) is 46.5 Å². The molecule has 1 aliphatic carbocycles. The molecule has 2 unspecified atom stereocenters. The molecule has 2 aromatic heterocycles. The largest absolute Gasteiger partial charge is 0.350 e. The lowest BCUT2D eigenvalue weighted by molar-refractivity contribution is 0.429. The highest BCUT2D eigenvalue weighted by molar-refractivity contribution is 9.10. The standard InChI is InChI=1S/C24H27BrN4O2/c1-14(2)5-4-6-16-7-8-17(15(3)11-16)13-26-29-23(30)22-21(28-24(29)31)19-12-18(25)9-10-20(19)27-22/h5,7,9-10,12-13,15,17,27H,4,6,8,11H2,1-3H3,(H,28,31). The normalized spacial score (nSPS) is 19.3. The van der Waals surface area contributed by atoms with Crippen molar-refractivity contribution >= 4 is 44.1 Å². The summed E-state index contributed by atoms with van der Waals surface area (Å²) < 4.78 is 1.80. The van der Waals surface area contributed by atoms with Crippen LogP contribution in [0, 0.1) is 11.8 Å². The molecule has 0 saturated carbocycles. The van der Waals surface area contributed by atoms with Crippen LogP contribution in [0.4, 0.5) is 0 Å². The van der Waals surface area contributed by atoms with Gasteiger partial charge in [0.25, 0.3) is 0 Å². The summed E-state index contributed by atoms with van der Waals surface area (Å²) in [6.07, 6.45) is 10.4. The average Bonchev–Trinajstić information content (AvgIpc) is 3.07. The van der Waals surface area contributed by atoms with E-state index in [1.165, 1.54) is 11.1 Å². The number of halogens is 1. The Labute approximate surface area is 188 Å². The molecule has 1 aliphatic rings. The first-order chi connectivity index (χ1) is 14.8. The van der Waals surface area contributed by atoms with Crippen LogP contribution in [0.5, 0.6) is 0 Å². The summed E-state index contributed by atoms with van der Waals surface area (Å²) in [4.78, 5) is 31.5. The van der Waals surface area contributed by atoms with E-state index in [-0.39, 0.29) is 5.92 Å². The summed E-state index contributed by atoms with van der Waals surface area (Å²) in [6, 6.07) is 5.64. The molecular formula is C24H27BrN4O2. The second-order valence-corrected chi connectivity index (χ2v) is 9.56. The molecule has 0 fully saturated rings.